The third-order valence-corrected chi connectivity index (χ3v) is 1.84. The van der Waals surface area contributed by atoms with Crippen molar-refractivity contribution in [3.8, 4) is 5.75 Å². The Morgan fingerprint density at radius 1 is 1.50 bits per heavy atom. The highest BCUT2D eigenvalue weighted by Crippen LogP contribution is 2.12. The molecular weight excluding hydrogens is 208 g/mol. The number of hydrogen-bond donors (Lipinski definition) is 3. The highest BCUT2D eigenvalue weighted by molar-refractivity contribution is 5.77. The molecule has 0 aliphatic rings. The summed E-state index contributed by atoms with van der Waals surface area (Å²) in [6, 6.07) is 6.78. The van der Waals surface area contributed by atoms with Crippen LogP contribution in [-0.4, -0.2) is 30.3 Å². The maximum atomic E-state index is 11.2. The second kappa shape index (κ2) is 5.97. The summed E-state index contributed by atoms with van der Waals surface area (Å²) in [5.41, 5.74) is 6.15. The summed E-state index contributed by atoms with van der Waals surface area (Å²) >= 11 is 0. The SMILES string of the molecule is C[C@@H](O)CNC(=O)COc1ccc(N)cc1. The standard InChI is InChI=1S/C11H16N2O3/c1-8(14)6-13-11(15)7-16-10-4-2-9(12)3-5-10/h2-5,8,14H,6-7,12H2,1H3,(H,13,15)/t8-/m1/s1. The average molecular weight is 224 g/mol. The maximum Gasteiger partial charge on any atom is 0.258 e. The molecule has 1 amide bonds. The Labute approximate surface area is 94.2 Å². The minimum absolute atomic E-state index is 0.0728. The lowest BCUT2D eigenvalue weighted by atomic mass is 10.3. The number of nitrogens with two attached hydrogens (primary N) is 1. The monoisotopic (exact) mass is 224 g/mol. The van der Waals surface area contributed by atoms with Crippen molar-refractivity contribution in [2.45, 2.75) is 13.0 Å². The maximum absolute atomic E-state index is 11.2. The Balaban J connectivity index is 2.29. The first-order valence-corrected chi connectivity index (χ1v) is 5.01. The van der Waals surface area contributed by atoms with Crippen molar-refractivity contribution in [1.29, 1.82) is 0 Å². The van der Waals surface area contributed by atoms with Crippen molar-refractivity contribution in [3.05, 3.63) is 24.3 Å². The molecule has 1 rings (SSSR count). The number of carbonyl (C=O) groups is 1. The first kappa shape index (κ1) is 12.3. The topological polar surface area (TPSA) is 84.6 Å². The lowest BCUT2D eigenvalue weighted by molar-refractivity contribution is -0.123. The summed E-state index contributed by atoms with van der Waals surface area (Å²) < 4.78 is 5.21. The van der Waals surface area contributed by atoms with Crippen LogP contribution in [0.2, 0.25) is 0 Å². The van der Waals surface area contributed by atoms with Crippen LogP contribution >= 0.6 is 0 Å². The van der Waals surface area contributed by atoms with Crippen LogP contribution in [0, 0.1) is 0 Å². The van der Waals surface area contributed by atoms with Crippen LogP contribution in [0.3, 0.4) is 0 Å². The van der Waals surface area contributed by atoms with Gasteiger partial charge >= 0.3 is 0 Å². The predicted octanol–water partition coefficient (Wildman–Crippen LogP) is 0.145. The Kier molecular flexibility index (Phi) is 4.60. The molecule has 5 nitrogen and oxygen atoms in total. The van der Waals surface area contributed by atoms with E-state index in [-0.39, 0.29) is 19.1 Å². The van der Waals surface area contributed by atoms with Gasteiger partial charge in [0, 0.05) is 12.2 Å². The molecule has 0 aliphatic heterocycles. The highest BCUT2D eigenvalue weighted by Gasteiger charge is 2.03. The number of rotatable bonds is 5. The number of ether oxygens (including phenoxy) is 1. The molecule has 0 heterocycles. The lowest BCUT2D eigenvalue weighted by Gasteiger charge is -2.08. The minimum Gasteiger partial charge on any atom is -0.484 e. The van der Waals surface area contributed by atoms with Crippen molar-refractivity contribution in [2.75, 3.05) is 18.9 Å². The number of aliphatic hydroxyl groups is 1. The number of benzene rings is 1. The summed E-state index contributed by atoms with van der Waals surface area (Å²) in [6.07, 6.45) is -0.555. The van der Waals surface area contributed by atoms with Crippen LogP contribution < -0.4 is 15.8 Å². The molecule has 1 aromatic rings. The number of nitrogens with one attached hydrogen (secondary N) is 1. The van der Waals surface area contributed by atoms with E-state index in [9.17, 15) is 4.79 Å². The average Bonchev–Trinajstić information content (AvgIpc) is 2.25. The van der Waals surface area contributed by atoms with Crippen LogP contribution in [0.5, 0.6) is 5.75 Å². The van der Waals surface area contributed by atoms with E-state index < -0.39 is 6.10 Å². The van der Waals surface area contributed by atoms with Crippen LogP contribution in [0.1, 0.15) is 6.92 Å². The lowest BCUT2D eigenvalue weighted by Crippen LogP contribution is -2.34. The quantitative estimate of drug-likeness (QED) is 0.621. The minimum atomic E-state index is -0.555. The Hall–Kier alpha value is -1.75. The third-order valence-electron chi connectivity index (χ3n) is 1.84. The number of hydrogen-bond acceptors (Lipinski definition) is 4. The molecule has 0 saturated heterocycles. The smallest absolute Gasteiger partial charge is 0.258 e. The fraction of sp³-hybridized carbons (Fsp3) is 0.364. The zero-order chi connectivity index (χ0) is 12.0. The molecule has 0 fully saturated rings. The van der Waals surface area contributed by atoms with E-state index in [1.54, 1.807) is 31.2 Å². The van der Waals surface area contributed by atoms with E-state index in [0.717, 1.165) is 0 Å². The van der Waals surface area contributed by atoms with Gasteiger partial charge < -0.3 is 20.9 Å². The van der Waals surface area contributed by atoms with Crippen molar-refractivity contribution < 1.29 is 14.6 Å². The summed E-state index contributed by atoms with van der Waals surface area (Å²) in [5.74, 6) is 0.319. The van der Waals surface area contributed by atoms with E-state index in [1.807, 2.05) is 0 Å². The van der Waals surface area contributed by atoms with E-state index in [2.05, 4.69) is 5.32 Å². The second-order valence-electron chi connectivity index (χ2n) is 3.51. The Bertz CT molecular complexity index is 336. The summed E-state index contributed by atoms with van der Waals surface area (Å²) in [6.45, 7) is 1.75. The Morgan fingerprint density at radius 3 is 2.69 bits per heavy atom. The predicted molar refractivity (Wildman–Crippen MR) is 61.0 cm³/mol. The van der Waals surface area contributed by atoms with Gasteiger partial charge in [0.1, 0.15) is 5.75 Å². The number of aliphatic hydroxyl groups excluding tert-OH is 1. The first-order valence-electron chi connectivity index (χ1n) is 5.01. The van der Waals surface area contributed by atoms with E-state index >= 15 is 0 Å². The highest BCUT2D eigenvalue weighted by atomic mass is 16.5. The third kappa shape index (κ3) is 4.65. The summed E-state index contributed by atoms with van der Waals surface area (Å²) in [5, 5.41) is 11.5. The van der Waals surface area contributed by atoms with Crippen molar-refractivity contribution >= 4 is 11.6 Å². The van der Waals surface area contributed by atoms with Gasteiger partial charge in [-0.1, -0.05) is 0 Å². The van der Waals surface area contributed by atoms with Crippen molar-refractivity contribution in [1.82, 2.24) is 5.32 Å². The molecule has 0 radical (unpaired) electrons. The summed E-state index contributed by atoms with van der Waals surface area (Å²) in [7, 11) is 0. The number of carbonyl (C=O) groups excluding carboxylic acids is 1. The van der Waals surface area contributed by atoms with E-state index in [0.29, 0.717) is 11.4 Å². The normalized spacial score (nSPS) is 11.9. The number of anilines is 1. The van der Waals surface area contributed by atoms with Gasteiger partial charge in [-0.05, 0) is 31.2 Å². The van der Waals surface area contributed by atoms with E-state index in [4.69, 9.17) is 15.6 Å². The fourth-order valence-corrected chi connectivity index (χ4v) is 1.03. The van der Waals surface area contributed by atoms with Gasteiger partial charge in [-0.3, -0.25) is 4.79 Å². The molecule has 5 heteroatoms. The van der Waals surface area contributed by atoms with Gasteiger partial charge in [0.05, 0.1) is 6.10 Å². The fourth-order valence-electron chi connectivity index (χ4n) is 1.03. The molecule has 0 saturated carbocycles. The van der Waals surface area contributed by atoms with Gasteiger partial charge in [0.2, 0.25) is 0 Å². The molecule has 88 valence electrons. The van der Waals surface area contributed by atoms with Crippen LogP contribution in [0.25, 0.3) is 0 Å². The molecule has 1 aromatic carbocycles. The van der Waals surface area contributed by atoms with Crippen LogP contribution in [0.4, 0.5) is 5.69 Å². The Morgan fingerprint density at radius 2 is 2.12 bits per heavy atom. The zero-order valence-electron chi connectivity index (χ0n) is 9.14. The molecule has 0 unspecified atom stereocenters. The van der Waals surface area contributed by atoms with E-state index in [1.165, 1.54) is 0 Å². The molecule has 16 heavy (non-hydrogen) atoms. The molecule has 4 N–H and O–H groups in total. The van der Waals surface area contributed by atoms with Crippen molar-refractivity contribution in [3.63, 3.8) is 0 Å². The molecule has 0 bridgehead atoms. The molecule has 1 atom stereocenters. The van der Waals surface area contributed by atoms with Crippen molar-refractivity contribution in [2.24, 2.45) is 0 Å². The molecular formula is C11H16N2O3. The van der Waals surface area contributed by atoms with Gasteiger partial charge in [-0.2, -0.15) is 0 Å². The largest absolute Gasteiger partial charge is 0.484 e. The second-order valence-corrected chi connectivity index (χ2v) is 3.51. The number of amides is 1. The molecule has 0 spiro atoms. The van der Waals surface area contributed by atoms with Gasteiger partial charge in [-0.15, -0.1) is 0 Å². The number of nitrogen functional groups attached to an aromatic ring is 1. The summed E-state index contributed by atoms with van der Waals surface area (Å²) in [4.78, 5) is 11.2. The van der Waals surface area contributed by atoms with Gasteiger partial charge in [-0.25, -0.2) is 0 Å². The van der Waals surface area contributed by atoms with Gasteiger partial charge in [0.25, 0.3) is 5.91 Å². The molecule has 0 aromatic heterocycles. The van der Waals surface area contributed by atoms with Gasteiger partial charge in [0.15, 0.2) is 6.61 Å². The molecule has 0 aliphatic carbocycles. The van der Waals surface area contributed by atoms with Crippen LogP contribution in [0.15, 0.2) is 24.3 Å². The first-order chi connectivity index (χ1) is 7.58. The zero-order valence-corrected chi connectivity index (χ0v) is 9.14. The van der Waals surface area contributed by atoms with Crippen LogP contribution in [-0.2, 0) is 4.79 Å².